The quantitative estimate of drug-likeness (QED) is 0.895. The van der Waals surface area contributed by atoms with Crippen LogP contribution in [0.4, 0.5) is 5.69 Å². The Morgan fingerprint density at radius 2 is 2.29 bits per heavy atom. The van der Waals surface area contributed by atoms with Crippen molar-refractivity contribution < 1.29 is 0 Å². The standard InChI is InChI=1S/C11H13BrN2/c1-8-7-10(12)3-4-11(8)14-9(2)5-6-13/h3-4,7,9,14H,5H2,1-2H3. The molecule has 0 aliphatic carbocycles. The van der Waals surface area contributed by atoms with Crippen molar-refractivity contribution in [3.05, 3.63) is 28.2 Å². The third-order valence-corrected chi connectivity index (χ3v) is 2.48. The molecule has 3 heteroatoms. The molecule has 0 aliphatic rings. The summed E-state index contributed by atoms with van der Waals surface area (Å²) in [6.07, 6.45) is 0.523. The van der Waals surface area contributed by atoms with Gasteiger partial charge in [0.2, 0.25) is 0 Å². The second-order valence-electron chi connectivity index (χ2n) is 3.37. The molecular weight excluding hydrogens is 240 g/mol. The van der Waals surface area contributed by atoms with Gasteiger partial charge in [-0.3, -0.25) is 0 Å². The monoisotopic (exact) mass is 252 g/mol. The Morgan fingerprint density at radius 1 is 1.57 bits per heavy atom. The molecule has 0 heterocycles. The summed E-state index contributed by atoms with van der Waals surface area (Å²) in [4.78, 5) is 0. The van der Waals surface area contributed by atoms with Gasteiger partial charge in [0.1, 0.15) is 0 Å². The Bertz CT molecular complexity index is 355. The van der Waals surface area contributed by atoms with Crippen LogP contribution in [0.5, 0.6) is 0 Å². The molecule has 2 nitrogen and oxygen atoms in total. The van der Waals surface area contributed by atoms with Crippen LogP contribution in [0.25, 0.3) is 0 Å². The molecule has 0 aliphatic heterocycles. The van der Waals surface area contributed by atoms with Gasteiger partial charge in [-0.1, -0.05) is 15.9 Å². The molecule has 0 saturated heterocycles. The summed E-state index contributed by atoms with van der Waals surface area (Å²) in [6.45, 7) is 4.05. The maximum atomic E-state index is 8.53. The first-order valence-electron chi connectivity index (χ1n) is 4.53. The Labute approximate surface area is 93.1 Å². The lowest BCUT2D eigenvalue weighted by Gasteiger charge is -2.14. The van der Waals surface area contributed by atoms with Crippen LogP contribution in [0, 0.1) is 18.3 Å². The van der Waals surface area contributed by atoms with Crippen LogP contribution < -0.4 is 5.32 Å². The molecule has 0 spiro atoms. The number of aryl methyl sites for hydroxylation is 1. The second kappa shape index (κ2) is 5.02. The molecule has 0 amide bonds. The molecule has 1 aromatic rings. The molecule has 0 aromatic heterocycles. The van der Waals surface area contributed by atoms with E-state index in [9.17, 15) is 0 Å². The van der Waals surface area contributed by atoms with Gasteiger partial charge in [0.05, 0.1) is 12.5 Å². The molecule has 0 saturated carbocycles. The number of rotatable bonds is 3. The number of nitrogens with zero attached hydrogens (tertiary/aromatic N) is 1. The van der Waals surface area contributed by atoms with Crippen LogP contribution in [-0.2, 0) is 0 Å². The van der Waals surface area contributed by atoms with Gasteiger partial charge in [0, 0.05) is 16.2 Å². The molecule has 0 bridgehead atoms. The lowest BCUT2D eigenvalue weighted by Crippen LogP contribution is -2.14. The van der Waals surface area contributed by atoms with Crippen LogP contribution in [-0.4, -0.2) is 6.04 Å². The highest BCUT2D eigenvalue weighted by Gasteiger charge is 2.03. The number of benzene rings is 1. The highest BCUT2D eigenvalue weighted by Crippen LogP contribution is 2.20. The van der Waals surface area contributed by atoms with Gasteiger partial charge in [0.25, 0.3) is 0 Å². The number of halogens is 1. The van der Waals surface area contributed by atoms with Crippen molar-refractivity contribution in [1.29, 1.82) is 5.26 Å². The van der Waals surface area contributed by atoms with E-state index >= 15 is 0 Å². The predicted molar refractivity (Wildman–Crippen MR) is 62.2 cm³/mol. The number of hydrogen-bond acceptors (Lipinski definition) is 2. The molecular formula is C11H13BrN2. The molecule has 74 valence electrons. The Balaban J connectivity index is 2.73. The third-order valence-electron chi connectivity index (χ3n) is 1.99. The average molecular weight is 253 g/mol. The summed E-state index contributed by atoms with van der Waals surface area (Å²) < 4.78 is 1.08. The minimum Gasteiger partial charge on any atom is -0.381 e. The fraction of sp³-hybridized carbons (Fsp3) is 0.364. The zero-order valence-corrected chi connectivity index (χ0v) is 9.93. The van der Waals surface area contributed by atoms with E-state index < -0.39 is 0 Å². The van der Waals surface area contributed by atoms with Crippen molar-refractivity contribution in [3.8, 4) is 6.07 Å². The van der Waals surface area contributed by atoms with E-state index in [4.69, 9.17) is 5.26 Å². The highest BCUT2D eigenvalue weighted by atomic mass is 79.9. The first kappa shape index (κ1) is 11.1. The van der Waals surface area contributed by atoms with E-state index in [0.29, 0.717) is 6.42 Å². The van der Waals surface area contributed by atoms with Crippen LogP contribution in [0.2, 0.25) is 0 Å². The minimum atomic E-state index is 0.194. The zero-order valence-electron chi connectivity index (χ0n) is 8.34. The number of hydrogen-bond donors (Lipinski definition) is 1. The Morgan fingerprint density at radius 3 is 2.86 bits per heavy atom. The predicted octanol–water partition coefficient (Wildman–Crippen LogP) is 3.47. The summed E-state index contributed by atoms with van der Waals surface area (Å²) in [7, 11) is 0. The maximum Gasteiger partial charge on any atom is 0.0643 e. The summed E-state index contributed by atoms with van der Waals surface area (Å²) in [5.41, 5.74) is 2.28. The highest BCUT2D eigenvalue weighted by molar-refractivity contribution is 9.10. The Hall–Kier alpha value is -1.01. The summed E-state index contributed by atoms with van der Waals surface area (Å²) >= 11 is 3.41. The summed E-state index contributed by atoms with van der Waals surface area (Å²) in [6, 6.07) is 8.41. The topological polar surface area (TPSA) is 35.8 Å². The first-order valence-corrected chi connectivity index (χ1v) is 5.32. The van der Waals surface area contributed by atoms with Crippen LogP contribution in [0.3, 0.4) is 0 Å². The van der Waals surface area contributed by atoms with Gasteiger partial charge in [-0.15, -0.1) is 0 Å². The summed E-state index contributed by atoms with van der Waals surface area (Å²) in [5.74, 6) is 0. The normalized spacial score (nSPS) is 11.9. The van der Waals surface area contributed by atoms with Crippen molar-refractivity contribution in [3.63, 3.8) is 0 Å². The van der Waals surface area contributed by atoms with E-state index in [2.05, 4.69) is 33.4 Å². The maximum absolute atomic E-state index is 8.53. The minimum absolute atomic E-state index is 0.194. The summed E-state index contributed by atoms with van der Waals surface area (Å²) in [5, 5.41) is 11.8. The lowest BCUT2D eigenvalue weighted by molar-refractivity contribution is 0.819. The second-order valence-corrected chi connectivity index (χ2v) is 4.28. The third kappa shape index (κ3) is 3.04. The van der Waals surface area contributed by atoms with Gasteiger partial charge in [0.15, 0.2) is 0 Å². The molecule has 14 heavy (non-hydrogen) atoms. The molecule has 1 atom stereocenters. The number of nitrogens with one attached hydrogen (secondary N) is 1. The SMILES string of the molecule is Cc1cc(Br)ccc1NC(C)CC#N. The van der Waals surface area contributed by atoms with Crippen LogP contribution in [0.15, 0.2) is 22.7 Å². The first-order chi connectivity index (χ1) is 6.63. The molecule has 1 unspecified atom stereocenters. The van der Waals surface area contributed by atoms with E-state index in [1.54, 1.807) is 0 Å². The molecule has 1 aromatic carbocycles. The van der Waals surface area contributed by atoms with Gasteiger partial charge >= 0.3 is 0 Å². The van der Waals surface area contributed by atoms with E-state index in [0.717, 1.165) is 10.2 Å². The molecule has 1 rings (SSSR count). The van der Waals surface area contributed by atoms with Gasteiger partial charge in [-0.25, -0.2) is 0 Å². The number of anilines is 1. The smallest absolute Gasteiger partial charge is 0.0643 e. The molecule has 0 radical (unpaired) electrons. The lowest BCUT2D eigenvalue weighted by atomic mass is 10.1. The average Bonchev–Trinajstić information content (AvgIpc) is 2.10. The van der Waals surface area contributed by atoms with Gasteiger partial charge < -0.3 is 5.32 Å². The fourth-order valence-corrected chi connectivity index (χ4v) is 1.72. The van der Waals surface area contributed by atoms with Crippen LogP contribution >= 0.6 is 15.9 Å². The van der Waals surface area contributed by atoms with E-state index in [-0.39, 0.29) is 6.04 Å². The van der Waals surface area contributed by atoms with Gasteiger partial charge in [-0.05, 0) is 37.6 Å². The fourth-order valence-electron chi connectivity index (χ4n) is 1.24. The van der Waals surface area contributed by atoms with Crippen molar-refractivity contribution in [2.45, 2.75) is 26.3 Å². The Kier molecular flexibility index (Phi) is 3.97. The molecule has 0 fully saturated rings. The molecule has 1 N–H and O–H groups in total. The number of nitriles is 1. The zero-order chi connectivity index (χ0) is 10.6. The van der Waals surface area contributed by atoms with E-state index in [1.165, 1.54) is 5.56 Å². The van der Waals surface area contributed by atoms with Crippen molar-refractivity contribution >= 4 is 21.6 Å². The van der Waals surface area contributed by atoms with E-state index in [1.807, 2.05) is 26.0 Å². The van der Waals surface area contributed by atoms with Crippen molar-refractivity contribution in [2.24, 2.45) is 0 Å². The van der Waals surface area contributed by atoms with Crippen molar-refractivity contribution in [1.82, 2.24) is 0 Å². The van der Waals surface area contributed by atoms with Crippen molar-refractivity contribution in [2.75, 3.05) is 5.32 Å². The largest absolute Gasteiger partial charge is 0.381 e. The van der Waals surface area contributed by atoms with Crippen LogP contribution in [0.1, 0.15) is 18.9 Å². The van der Waals surface area contributed by atoms with Gasteiger partial charge in [-0.2, -0.15) is 5.26 Å².